The van der Waals surface area contributed by atoms with Crippen LogP contribution in [0, 0.1) is 0 Å². The largest absolute Gasteiger partial charge is 0.421 e. The van der Waals surface area contributed by atoms with E-state index in [9.17, 15) is 4.57 Å². The van der Waals surface area contributed by atoms with Gasteiger partial charge < -0.3 is 9.42 Å². The van der Waals surface area contributed by atoms with Crippen molar-refractivity contribution < 1.29 is 14.0 Å². The van der Waals surface area contributed by atoms with Gasteiger partial charge in [-0.2, -0.15) is 0 Å². The molecule has 0 aromatic heterocycles. The van der Waals surface area contributed by atoms with Crippen LogP contribution >= 0.6 is 42.4 Å². The standard InChI is InChI=1S/C7H6Cl3O3P/c1-14(11,12)13-7-5(9)2-4(8)3-6(7)10/h2-3H,1H3,(H,11,12). The van der Waals surface area contributed by atoms with Crippen molar-refractivity contribution in [3.63, 3.8) is 0 Å². The second-order valence-electron chi connectivity index (χ2n) is 2.59. The van der Waals surface area contributed by atoms with Crippen molar-refractivity contribution in [2.75, 3.05) is 6.66 Å². The third-order valence-corrected chi connectivity index (χ3v) is 2.52. The maximum atomic E-state index is 11.0. The lowest BCUT2D eigenvalue weighted by Crippen LogP contribution is -1.91. The van der Waals surface area contributed by atoms with E-state index in [1.165, 1.54) is 12.1 Å². The van der Waals surface area contributed by atoms with Gasteiger partial charge >= 0.3 is 7.60 Å². The third-order valence-electron chi connectivity index (χ3n) is 1.22. The molecular formula is C7H6Cl3O3P. The first-order valence-corrected chi connectivity index (χ1v) is 6.60. The Morgan fingerprint density at radius 3 is 2.07 bits per heavy atom. The number of rotatable bonds is 2. The molecule has 0 aliphatic carbocycles. The zero-order valence-corrected chi connectivity index (χ0v) is 10.2. The number of halogens is 3. The molecule has 0 radical (unpaired) electrons. The molecule has 1 rings (SSSR count). The van der Waals surface area contributed by atoms with Crippen LogP contribution in [-0.4, -0.2) is 11.6 Å². The molecule has 1 atom stereocenters. The van der Waals surface area contributed by atoms with Gasteiger partial charge in [0.05, 0.1) is 10.0 Å². The summed E-state index contributed by atoms with van der Waals surface area (Å²) < 4.78 is 15.7. The average Bonchev–Trinajstić information content (AvgIpc) is 1.95. The summed E-state index contributed by atoms with van der Waals surface area (Å²) in [5.41, 5.74) is 0. The smallest absolute Gasteiger partial charge is 0.373 e. The summed E-state index contributed by atoms with van der Waals surface area (Å²) in [6.45, 7) is 1.04. The molecule has 14 heavy (non-hydrogen) atoms. The van der Waals surface area contributed by atoms with E-state index >= 15 is 0 Å². The van der Waals surface area contributed by atoms with Crippen molar-refractivity contribution in [2.24, 2.45) is 0 Å². The Balaban J connectivity index is 3.15. The second-order valence-corrected chi connectivity index (χ2v) is 5.63. The summed E-state index contributed by atoms with van der Waals surface area (Å²) in [5.74, 6) is -0.0360. The van der Waals surface area contributed by atoms with Crippen LogP contribution in [0.1, 0.15) is 0 Å². The van der Waals surface area contributed by atoms with E-state index in [1.807, 2.05) is 0 Å². The fourth-order valence-corrected chi connectivity index (χ4v) is 2.32. The highest BCUT2D eigenvalue weighted by molar-refractivity contribution is 7.52. The molecule has 7 heteroatoms. The maximum Gasteiger partial charge on any atom is 0.373 e. The summed E-state index contributed by atoms with van der Waals surface area (Å²) in [7, 11) is -3.67. The SMILES string of the molecule is CP(=O)(O)Oc1c(Cl)cc(Cl)cc1Cl. The number of benzene rings is 1. The number of hydrogen-bond acceptors (Lipinski definition) is 2. The fourth-order valence-electron chi connectivity index (χ4n) is 0.786. The molecule has 0 aliphatic heterocycles. The molecule has 1 aromatic rings. The van der Waals surface area contributed by atoms with Crippen LogP contribution in [0.5, 0.6) is 5.75 Å². The first-order chi connectivity index (χ1) is 6.29. The van der Waals surface area contributed by atoms with Gasteiger partial charge in [0.25, 0.3) is 0 Å². The minimum Gasteiger partial charge on any atom is -0.421 e. The van der Waals surface area contributed by atoms with Gasteiger partial charge in [-0.25, -0.2) is 4.57 Å². The zero-order chi connectivity index (χ0) is 10.9. The summed E-state index contributed by atoms with van der Waals surface area (Å²) in [6, 6.07) is 2.75. The van der Waals surface area contributed by atoms with E-state index in [-0.39, 0.29) is 15.8 Å². The van der Waals surface area contributed by atoms with Gasteiger partial charge in [-0.3, -0.25) is 0 Å². The van der Waals surface area contributed by atoms with Crippen molar-refractivity contribution in [3.05, 3.63) is 27.2 Å². The van der Waals surface area contributed by atoms with E-state index in [2.05, 4.69) is 0 Å². The second kappa shape index (κ2) is 4.30. The zero-order valence-electron chi connectivity index (χ0n) is 7.00. The van der Waals surface area contributed by atoms with Crippen molar-refractivity contribution >= 4 is 42.4 Å². The normalized spacial score (nSPS) is 14.9. The molecule has 0 heterocycles. The molecule has 0 fully saturated rings. The van der Waals surface area contributed by atoms with Gasteiger partial charge in [0.2, 0.25) is 0 Å². The molecule has 0 bridgehead atoms. The fraction of sp³-hybridized carbons (Fsp3) is 0.143. The Labute approximate surface area is 96.1 Å². The van der Waals surface area contributed by atoms with Crippen LogP contribution in [0.4, 0.5) is 0 Å². The molecule has 1 aromatic carbocycles. The maximum absolute atomic E-state index is 11.0. The molecule has 0 saturated carbocycles. The molecule has 1 unspecified atom stereocenters. The summed E-state index contributed by atoms with van der Waals surface area (Å²) in [5, 5.41) is 0.522. The van der Waals surface area contributed by atoms with Gasteiger partial charge in [-0.05, 0) is 12.1 Å². The highest BCUT2D eigenvalue weighted by Gasteiger charge is 2.17. The lowest BCUT2D eigenvalue weighted by Gasteiger charge is -2.11. The topological polar surface area (TPSA) is 46.5 Å². The molecular weight excluding hydrogens is 269 g/mol. The predicted molar refractivity (Wildman–Crippen MR) is 57.8 cm³/mol. The van der Waals surface area contributed by atoms with Crippen molar-refractivity contribution in [3.8, 4) is 5.75 Å². The number of hydrogen-bond donors (Lipinski definition) is 1. The lowest BCUT2D eigenvalue weighted by atomic mass is 10.3. The van der Waals surface area contributed by atoms with E-state index in [0.29, 0.717) is 5.02 Å². The molecule has 78 valence electrons. The van der Waals surface area contributed by atoms with E-state index in [1.54, 1.807) is 0 Å². The minimum absolute atomic E-state index is 0.0360. The highest BCUT2D eigenvalue weighted by atomic mass is 35.5. The molecule has 0 saturated heterocycles. The molecule has 0 aliphatic rings. The van der Waals surface area contributed by atoms with Crippen LogP contribution in [0.2, 0.25) is 15.1 Å². The Bertz CT molecular complexity index is 378. The van der Waals surface area contributed by atoms with Gasteiger partial charge in [-0.15, -0.1) is 0 Å². The van der Waals surface area contributed by atoms with Crippen LogP contribution in [-0.2, 0) is 4.57 Å². The monoisotopic (exact) mass is 274 g/mol. The summed E-state index contributed by atoms with van der Waals surface area (Å²) >= 11 is 17.1. The molecule has 0 amide bonds. The lowest BCUT2D eigenvalue weighted by molar-refractivity contribution is 0.387. The van der Waals surface area contributed by atoms with Crippen LogP contribution in [0.3, 0.4) is 0 Å². The van der Waals surface area contributed by atoms with Gasteiger partial charge in [-0.1, -0.05) is 34.8 Å². The van der Waals surface area contributed by atoms with Crippen molar-refractivity contribution in [1.29, 1.82) is 0 Å². The predicted octanol–water partition coefficient (Wildman–Crippen LogP) is 3.84. The Hall–Kier alpha value is 0.0800. The Kier molecular flexibility index (Phi) is 3.73. The van der Waals surface area contributed by atoms with Gasteiger partial charge in [0.1, 0.15) is 0 Å². The first kappa shape index (κ1) is 12.2. The molecule has 0 spiro atoms. The Morgan fingerprint density at radius 2 is 1.71 bits per heavy atom. The summed E-state index contributed by atoms with van der Waals surface area (Å²) in [4.78, 5) is 8.97. The Morgan fingerprint density at radius 1 is 1.29 bits per heavy atom. The highest BCUT2D eigenvalue weighted by Crippen LogP contribution is 2.45. The van der Waals surface area contributed by atoms with Crippen LogP contribution in [0.25, 0.3) is 0 Å². The van der Waals surface area contributed by atoms with Crippen LogP contribution in [0.15, 0.2) is 12.1 Å². The van der Waals surface area contributed by atoms with Gasteiger partial charge in [0, 0.05) is 11.7 Å². The van der Waals surface area contributed by atoms with Crippen molar-refractivity contribution in [1.82, 2.24) is 0 Å². The van der Waals surface area contributed by atoms with Crippen molar-refractivity contribution in [2.45, 2.75) is 0 Å². The van der Waals surface area contributed by atoms with Gasteiger partial charge in [0.15, 0.2) is 5.75 Å². The van der Waals surface area contributed by atoms with E-state index in [0.717, 1.165) is 6.66 Å². The molecule has 1 N–H and O–H groups in total. The quantitative estimate of drug-likeness (QED) is 0.834. The van der Waals surface area contributed by atoms with Crippen LogP contribution < -0.4 is 4.52 Å². The minimum atomic E-state index is -3.67. The summed E-state index contributed by atoms with van der Waals surface area (Å²) in [6.07, 6.45) is 0. The molecule has 3 nitrogen and oxygen atoms in total. The van der Waals surface area contributed by atoms with E-state index < -0.39 is 7.60 Å². The average molecular weight is 275 g/mol. The first-order valence-electron chi connectivity index (χ1n) is 3.44. The van der Waals surface area contributed by atoms with E-state index in [4.69, 9.17) is 44.2 Å². The third kappa shape index (κ3) is 3.34.